The zero-order valence-corrected chi connectivity index (χ0v) is 11.5. The Morgan fingerprint density at radius 2 is 2.18 bits per heavy atom. The zero-order valence-electron chi connectivity index (χ0n) is 11.5. The van der Waals surface area contributed by atoms with Crippen LogP contribution in [-0.2, 0) is 4.79 Å². The van der Waals surface area contributed by atoms with Crippen LogP contribution >= 0.6 is 0 Å². The predicted molar refractivity (Wildman–Crippen MR) is 69.6 cm³/mol. The number of rotatable bonds is 3. The van der Waals surface area contributed by atoms with Crippen LogP contribution in [0.5, 0.6) is 0 Å². The van der Waals surface area contributed by atoms with Gasteiger partial charge in [-0.05, 0) is 24.7 Å². The van der Waals surface area contributed by atoms with Gasteiger partial charge in [0.15, 0.2) is 0 Å². The van der Waals surface area contributed by atoms with Gasteiger partial charge in [0, 0.05) is 6.04 Å². The number of amides is 1. The van der Waals surface area contributed by atoms with Gasteiger partial charge in [-0.3, -0.25) is 10.1 Å². The molecule has 1 N–H and O–H groups in total. The molecule has 0 bridgehead atoms. The first-order valence-corrected chi connectivity index (χ1v) is 7.10. The molecule has 98 valence electrons. The van der Waals surface area contributed by atoms with Crippen molar-refractivity contribution >= 4 is 5.91 Å². The van der Waals surface area contributed by atoms with Crippen LogP contribution in [0.25, 0.3) is 0 Å². The highest BCUT2D eigenvalue weighted by molar-refractivity contribution is 5.84. The van der Waals surface area contributed by atoms with Crippen LogP contribution in [0.1, 0.15) is 59.3 Å². The average molecular weight is 238 g/mol. The first kappa shape index (κ1) is 12.9. The Labute approximate surface area is 105 Å². The molecule has 17 heavy (non-hydrogen) atoms. The van der Waals surface area contributed by atoms with Crippen molar-refractivity contribution < 1.29 is 4.79 Å². The van der Waals surface area contributed by atoms with E-state index in [2.05, 4.69) is 31.0 Å². The smallest absolute Gasteiger partial charge is 0.241 e. The maximum atomic E-state index is 12.3. The SMILES string of the molecule is CCCC1NCN(C2CCCCC2(C)C)C1=O. The van der Waals surface area contributed by atoms with E-state index in [-0.39, 0.29) is 11.5 Å². The molecule has 1 saturated carbocycles. The normalized spacial score (nSPS) is 33.1. The Hall–Kier alpha value is -0.570. The Bertz CT molecular complexity index is 288. The molecule has 2 rings (SSSR count). The molecule has 0 aromatic carbocycles. The van der Waals surface area contributed by atoms with Crippen LogP contribution in [0.4, 0.5) is 0 Å². The van der Waals surface area contributed by atoms with Crippen LogP contribution in [0.2, 0.25) is 0 Å². The molecule has 1 aliphatic carbocycles. The third-order valence-electron chi connectivity index (χ3n) is 4.49. The van der Waals surface area contributed by atoms with Crippen LogP contribution in [0, 0.1) is 5.41 Å². The fourth-order valence-electron chi connectivity index (χ4n) is 3.41. The van der Waals surface area contributed by atoms with E-state index in [1.807, 2.05) is 0 Å². The highest BCUT2D eigenvalue weighted by Gasteiger charge is 2.42. The number of nitrogens with one attached hydrogen (secondary N) is 1. The summed E-state index contributed by atoms with van der Waals surface area (Å²) in [6, 6.07) is 0.524. The van der Waals surface area contributed by atoms with Gasteiger partial charge in [-0.1, -0.05) is 40.0 Å². The van der Waals surface area contributed by atoms with Crippen LogP contribution in [0.15, 0.2) is 0 Å². The van der Waals surface area contributed by atoms with Gasteiger partial charge < -0.3 is 4.90 Å². The van der Waals surface area contributed by atoms with E-state index in [0.717, 1.165) is 19.5 Å². The molecule has 1 amide bonds. The number of hydrogen-bond acceptors (Lipinski definition) is 2. The number of nitrogens with zero attached hydrogens (tertiary/aromatic N) is 1. The topological polar surface area (TPSA) is 32.3 Å². The lowest BCUT2D eigenvalue weighted by Crippen LogP contribution is -2.48. The maximum absolute atomic E-state index is 12.3. The van der Waals surface area contributed by atoms with E-state index in [4.69, 9.17) is 0 Å². The Balaban J connectivity index is 2.05. The lowest BCUT2D eigenvalue weighted by molar-refractivity contribution is -0.134. The van der Waals surface area contributed by atoms with Crippen molar-refractivity contribution in [2.75, 3.05) is 6.67 Å². The second-order valence-corrected chi connectivity index (χ2v) is 6.26. The van der Waals surface area contributed by atoms with Gasteiger partial charge in [0.25, 0.3) is 0 Å². The molecular weight excluding hydrogens is 212 g/mol. The second-order valence-electron chi connectivity index (χ2n) is 6.26. The average Bonchev–Trinajstić information content (AvgIpc) is 2.61. The Morgan fingerprint density at radius 3 is 2.82 bits per heavy atom. The summed E-state index contributed by atoms with van der Waals surface area (Å²) in [6.07, 6.45) is 7.07. The van der Waals surface area contributed by atoms with E-state index < -0.39 is 0 Å². The van der Waals surface area contributed by atoms with Crippen molar-refractivity contribution in [2.45, 2.75) is 71.4 Å². The van der Waals surface area contributed by atoms with Crippen LogP contribution < -0.4 is 5.32 Å². The van der Waals surface area contributed by atoms with Gasteiger partial charge in [-0.25, -0.2) is 0 Å². The summed E-state index contributed by atoms with van der Waals surface area (Å²) in [6.45, 7) is 7.54. The van der Waals surface area contributed by atoms with Gasteiger partial charge in [-0.2, -0.15) is 0 Å². The van der Waals surface area contributed by atoms with Crippen LogP contribution in [-0.4, -0.2) is 29.6 Å². The molecule has 1 aliphatic heterocycles. The summed E-state index contributed by atoms with van der Waals surface area (Å²) in [4.78, 5) is 14.5. The van der Waals surface area contributed by atoms with Gasteiger partial charge in [-0.15, -0.1) is 0 Å². The first-order valence-electron chi connectivity index (χ1n) is 7.10. The molecule has 0 radical (unpaired) electrons. The first-order chi connectivity index (χ1) is 8.06. The fourth-order valence-corrected chi connectivity index (χ4v) is 3.41. The molecule has 2 aliphatic rings. The molecule has 0 aromatic rings. The highest BCUT2D eigenvalue weighted by atomic mass is 16.2. The minimum atomic E-state index is 0.0812. The van der Waals surface area contributed by atoms with Gasteiger partial charge in [0.2, 0.25) is 5.91 Å². The third kappa shape index (κ3) is 2.49. The minimum absolute atomic E-state index is 0.0812. The van der Waals surface area contributed by atoms with Gasteiger partial charge in [0.1, 0.15) is 0 Å². The van der Waals surface area contributed by atoms with Crippen molar-refractivity contribution in [1.82, 2.24) is 10.2 Å². The quantitative estimate of drug-likeness (QED) is 0.819. The lowest BCUT2D eigenvalue weighted by Gasteiger charge is -2.43. The standard InChI is InChI=1S/C14H26N2O/c1-4-7-11-13(17)16(10-15-11)12-8-5-6-9-14(12,2)3/h11-12,15H,4-10H2,1-3H3. The van der Waals surface area contributed by atoms with Crippen molar-refractivity contribution in [2.24, 2.45) is 5.41 Å². The Kier molecular flexibility index (Phi) is 3.76. The third-order valence-corrected chi connectivity index (χ3v) is 4.49. The molecule has 0 spiro atoms. The summed E-state index contributed by atoms with van der Waals surface area (Å²) < 4.78 is 0. The molecular formula is C14H26N2O. The van der Waals surface area contributed by atoms with E-state index in [1.54, 1.807) is 0 Å². The summed E-state index contributed by atoms with van der Waals surface area (Å²) in [7, 11) is 0. The number of carbonyl (C=O) groups is 1. The van der Waals surface area contributed by atoms with Crippen molar-refractivity contribution in [3.05, 3.63) is 0 Å². The summed E-state index contributed by atoms with van der Waals surface area (Å²) in [5.41, 5.74) is 0.288. The summed E-state index contributed by atoms with van der Waals surface area (Å²) >= 11 is 0. The molecule has 2 fully saturated rings. The maximum Gasteiger partial charge on any atom is 0.241 e. The van der Waals surface area contributed by atoms with E-state index in [9.17, 15) is 4.79 Å². The lowest BCUT2D eigenvalue weighted by atomic mass is 9.72. The van der Waals surface area contributed by atoms with Gasteiger partial charge >= 0.3 is 0 Å². The fraction of sp³-hybridized carbons (Fsp3) is 0.929. The van der Waals surface area contributed by atoms with Gasteiger partial charge in [0.05, 0.1) is 12.7 Å². The molecule has 0 aromatic heterocycles. The molecule has 3 nitrogen and oxygen atoms in total. The molecule has 1 heterocycles. The molecule has 3 heteroatoms. The van der Waals surface area contributed by atoms with Crippen molar-refractivity contribution in [3.8, 4) is 0 Å². The number of carbonyl (C=O) groups excluding carboxylic acids is 1. The van der Waals surface area contributed by atoms with E-state index in [1.165, 1.54) is 25.7 Å². The molecule has 2 unspecified atom stereocenters. The van der Waals surface area contributed by atoms with E-state index in [0.29, 0.717) is 11.9 Å². The predicted octanol–water partition coefficient (Wildman–Crippen LogP) is 2.51. The second kappa shape index (κ2) is 4.97. The summed E-state index contributed by atoms with van der Waals surface area (Å²) in [5, 5.41) is 3.37. The van der Waals surface area contributed by atoms with Crippen LogP contribution in [0.3, 0.4) is 0 Å². The summed E-state index contributed by atoms with van der Waals surface area (Å²) in [5.74, 6) is 0.340. The minimum Gasteiger partial charge on any atom is -0.325 e. The number of hydrogen-bond donors (Lipinski definition) is 1. The Morgan fingerprint density at radius 1 is 1.41 bits per heavy atom. The van der Waals surface area contributed by atoms with Crippen molar-refractivity contribution in [3.63, 3.8) is 0 Å². The monoisotopic (exact) mass is 238 g/mol. The zero-order chi connectivity index (χ0) is 12.5. The molecule has 1 saturated heterocycles. The van der Waals surface area contributed by atoms with Crippen molar-refractivity contribution in [1.29, 1.82) is 0 Å². The van der Waals surface area contributed by atoms with E-state index >= 15 is 0 Å². The highest BCUT2D eigenvalue weighted by Crippen LogP contribution is 2.39. The molecule has 2 atom stereocenters. The largest absolute Gasteiger partial charge is 0.325 e.